The molecule has 0 aliphatic carbocycles. The predicted octanol–water partition coefficient (Wildman–Crippen LogP) is 14.7. The lowest BCUT2D eigenvalue weighted by Gasteiger charge is -2.25. The van der Waals surface area contributed by atoms with Gasteiger partial charge in [-0.05, 0) is 112 Å². The lowest BCUT2D eigenvalue weighted by molar-refractivity contribution is -0.662. The van der Waals surface area contributed by atoms with Crippen LogP contribution in [0.1, 0.15) is 88.2 Å². The molecule has 0 radical (unpaired) electrons. The molecule has 62 heavy (non-hydrogen) atoms. The van der Waals surface area contributed by atoms with Crippen LogP contribution >= 0.6 is 46.2 Å². The number of aromatic nitrogens is 2. The van der Waals surface area contributed by atoms with Gasteiger partial charge in [0.15, 0.2) is 25.5 Å². The average Bonchev–Trinajstić information content (AvgIpc) is 4.01. The Morgan fingerprint density at radius 2 is 0.806 bits per heavy atom. The zero-order chi connectivity index (χ0) is 43.2. The fourth-order valence-electron chi connectivity index (χ4n) is 8.01. The monoisotopic (exact) mass is 900 g/mol. The summed E-state index contributed by atoms with van der Waals surface area (Å²) < 4.78 is 7.62. The molecule has 0 bridgehead atoms. The lowest BCUT2D eigenvalue weighted by Crippen LogP contribution is -2.35. The van der Waals surface area contributed by atoms with E-state index in [0.29, 0.717) is 0 Å². The van der Waals surface area contributed by atoms with Crippen LogP contribution in [-0.4, -0.2) is 37.7 Å². The first-order valence-corrected chi connectivity index (χ1v) is 26.5. The molecule has 0 atom stereocenters. The molecular formula is C54H68N4S4+2. The van der Waals surface area contributed by atoms with Gasteiger partial charge in [-0.25, -0.2) is 0 Å². The summed E-state index contributed by atoms with van der Waals surface area (Å²) in [5.74, 6) is 2.15. The van der Waals surface area contributed by atoms with Crippen LogP contribution in [0.3, 0.4) is 0 Å². The number of nitrogens with zero attached hydrogens (tertiary/aromatic N) is 4. The van der Waals surface area contributed by atoms with Gasteiger partial charge in [-0.3, -0.25) is 0 Å². The second-order valence-electron chi connectivity index (χ2n) is 16.0. The van der Waals surface area contributed by atoms with Crippen LogP contribution in [0.15, 0.2) is 156 Å². The van der Waals surface area contributed by atoms with E-state index in [2.05, 4.69) is 141 Å². The minimum Gasteiger partial charge on any atom is -0.370 e. The maximum absolute atomic E-state index is 3.92. The van der Waals surface area contributed by atoms with Gasteiger partial charge in [0.2, 0.25) is 11.0 Å². The summed E-state index contributed by atoms with van der Waals surface area (Å²) in [6.07, 6.45) is 26.6. The fraction of sp³-hybridized carbons (Fsp3) is 0.370. The van der Waals surface area contributed by atoms with Crippen molar-refractivity contribution in [3.63, 3.8) is 0 Å². The van der Waals surface area contributed by atoms with Crippen LogP contribution in [0, 0.1) is 0 Å². The molecule has 4 aromatic heterocycles. The third-order valence-electron chi connectivity index (χ3n) is 11.4. The Balaban J connectivity index is 0.985. The molecule has 0 fully saturated rings. The third kappa shape index (κ3) is 14.2. The molecule has 4 heterocycles. The predicted molar refractivity (Wildman–Crippen MR) is 277 cm³/mol. The van der Waals surface area contributed by atoms with Crippen LogP contribution in [0.4, 0.5) is 11.4 Å². The second kappa shape index (κ2) is 26.5. The van der Waals surface area contributed by atoms with Gasteiger partial charge >= 0.3 is 0 Å². The molecule has 6 aromatic rings. The van der Waals surface area contributed by atoms with E-state index >= 15 is 0 Å². The molecule has 8 heteroatoms. The van der Waals surface area contributed by atoms with Gasteiger partial charge in [0.05, 0.1) is 11.4 Å². The topological polar surface area (TPSA) is 14.2 Å². The van der Waals surface area contributed by atoms with Crippen LogP contribution in [0.2, 0.25) is 0 Å². The van der Waals surface area contributed by atoms with E-state index in [-0.39, 0.29) is 0 Å². The van der Waals surface area contributed by atoms with Gasteiger partial charge in [-0.1, -0.05) is 48.6 Å². The molecule has 6 rings (SSSR count). The number of hydrogen-bond acceptors (Lipinski definition) is 6. The van der Waals surface area contributed by atoms with Crippen LogP contribution in [0.25, 0.3) is 20.4 Å². The summed E-state index contributed by atoms with van der Waals surface area (Å²) in [4.78, 5) is 7.90. The smallest absolute Gasteiger partial charge is 0.225 e. The van der Waals surface area contributed by atoms with Crippen molar-refractivity contribution in [2.24, 2.45) is 0 Å². The van der Waals surface area contributed by atoms with Gasteiger partial charge in [0, 0.05) is 82.9 Å². The van der Waals surface area contributed by atoms with E-state index in [9.17, 15) is 0 Å². The molecule has 326 valence electrons. The molecule has 0 aliphatic rings. The Labute approximate surface area is 389 Å². The number of thioether (sulfide) groups is 2. The summed E-state index contributed by atoms with van der Waals surface area (Å²) in [6, 6.07) is 27.7. The summed E-state index contributed by atoms with van der Waals surface area (Å²) in [5, 5.41) is 4.50. The standard InChI is InChI=1S/C54H68N4S4/c1-5-9-13-17-33-55(34-18-14-10-6-2)49-29-37-57(51-31-39-61-53(49)51)43-45-21-25-47(26-22-45)59-41-42-60-48-27-23-46(24-28-48)44-58-38-30-50(54-52(58)32-40-62-54)56(35-19-15-11-7-3)36-20-16-12-8-4/h5-8,21-32,37-40H,1-4,9-20,33-36,41-44H2/q+2. The number of allylic oxidation sites excluding steroid dienone is 4. The molecule has 0 saturated carbocycles. The first-order chi connectivity index (χ1) is 30.6. The highest BCUT2D eigenvalue weighted by Gasteiger charge is 2.20. The highest BCUT2D eigenvalue weighted by atomic mass is 32.2. The van der Waals surface area contributed by atoms with Crippen LogP contribution < -0.4 is 18.9 Å². The Kier molecular flexibility index (Phi) is 20.3. The zero-order valence-corrected chi connectivity index (χ0v) is 40.2. The summed E-state index contributed by atoms with van der Waals surface area (Å²) in [7, 11) is 0. The molecule has 0 spiro atoms. The van der Waals surface area contributed by atoms with Gasteiger partial charge < -0.3 is 9.80 Å². The summed E-state index contributed by atoms with van der Waals surface area (Å²) >= 11 is 7.63. The van der Waals surface area contributed by atoms with Crippen molar-refractivity contribution < 1.29 is 9.13 Å². The third-order valence-corrected chi connectivity index (χ3v) is 15.5. The Morgan fingerprint density at radius 1 is 0.452 bits per heavy atom. The minimum atomic E-state index is 0.872. The Morgan fingerprint density at radius 3 is 1.15 bits per heavy atom. The first-order valence-electron chi connectivity index (χ1n) is 22.8. The van der Waals surface area contributed by atoms with E-state index in [4.69, 9.17) is 0 Å². The normalized spacial score (nSPS) is 11.3. The van der Waals surface area contributed by atoms with E-state index in [1.807, 2.05) is 70.5 Å². The highest BCUT2D eigenvalue weighted by Crippen LogP contribution is 2.32. The van der Waals surface area contributed by atoms with Crippen molar-refractivity contribution in [2.75, 3.05) is 47.5 Å². The lowest BCUT2D eigenvalue weighted by atomic mass is 10.1. The van der Waals surface area contributed by atoms with E-state index in [1.165, 1.54) is 104 Å². The molecule has 2 aromatic carbocycles. The maximum atomic E-state index is 3.92. The molecule has 0 saturated heterocycles. The van der Waals surface area contributed by atoms with Crippen molar-refractivity contribution >= 4 is 78.0 Å². The van der Waals surface area contributed by atoms with Gasteiger partial charge in [-0.2, -0.15) is 9.13 Å². The van der Waals surface area contributed by atoms with Crippen molar-refractivity contribution in [1.82, 2.24) is 0 Å². The van der Waals surface area contributed by atoms with Gasteiger partial charge in [-0.15, -0.1) is 72.5 Å². The minimum absolute atomic E-state index is 0.872. The molecule has 0 N–H and O–H groups in total. The highest BCUT2D eigenvalue weighted by molar-refractivity contribution is 8.03. The molecule has 0 unspecified atom stereocenters. The van der Waals surface area contributed by atoms with E-state index in [0.717, 1.165) is 76.5 Å². The number of anilines is 2. The number of rotatable bonds is 31. The SMILES string of the molecule is C=CCCCCN(CCCCC=C)c1cc[n+](Cc2ccc(SCCSc3ccc(C[n+]4ccc(N(CCCCC=C)CCCCC=C)c5sccc54)cc3)cc2)c2ccsc12. The number of benzene rings is 2. The summed E-state index contributed by atoms with van der Waals surface area (Å²) in [5.41, 5.74) is 8.07. The fourth-order valence-corrected chi connectivity index (χ4v) is 11.7. The largest absolute Gasteiger partial charge is 0.370 e. The molecule has 0 aliphatic heterocycles. The number of pyridine rings is 2. The van der Waals surface area contributed by atoms with Gasteiger partial charge in [0.1, 0.15) is 9.40 Å². The van der Waals surface area contributed by atoms with Crippen molar-refractivity contribution in [3.05, 3.63) is 158 Å². The number of hydrogen-bond donors (Lipinski definition) is 0. The van der Waals surface area contributed by atoms with Crippen molar-refractivity contribution in [1.29, 1.82) is 0 Å². The molecule has 4 nitrogen and oxygen atoms in total. The van der Waals surface area contributed by atoms with Crippen LogP contribution in [0.5, 0.6) is 0 Å². The molecule has 0 amide bonds. The average molecular weight is 901 g/mol. The number of fused-ring (bicyclic) bond motifs is 2. The number of thiophene rings is 2. The maximum Gasteiger partial charge on any atom is 0.225 e. The van der Waals surface area contributed by atoms with Crippen molar-refractivity contribution in [3.8, 4) is 0 Å². The Hall–Kier alpha value is -4.08. The molecular weight excluding hydrogens is 833 g/mol. The second-order valence-corrected chi connectivity index (χ2v) is 20.2. The van der Waals surface area contributed by atoms with Crippen LogP contribution in [-0.2, 0) is 13.1 Å². The van der Waals surface area contributed by atoms with E-state index in [1.54, 1.807) is 0 Å². The number of unbranched alkanes of at least 4 members (excludes halogenated alkanes) is 8. The first kappa shape index (κ1) is 47.4. The Bertz CT molecular complexity index is 2080. The zero-order valence-electron chi connectivity index (χ0n) is 36.9. The quantitative estimate of drug-likeness (QED) is 0.0187. The van der Waals surface area contributed by atoms with Gasteiger partial charge in [0.25, 0.3) is 0 Å². The summed E-state index contributed by atoms with van der Waals surface area (Å²) in [6.45, 7) is 21.8. The van der Waals surface area contributed by atoms with E-state index < -0.39 is 0 Å². The van der Waals surface area contributed by atoms with Crippen molar-refractivity contribution in [2.45, 2.75) is 99.9 Å².